The number of carbonyl (C=O) groups is 2. The highest BCUT2D eigenvalue weighted by molar-refractivity contribution is 5.70. The summed E-state index contributed by atoms with van der Waals surface area (Å²) in [5, 5.41) is 0. The average Bonchev–Trinajstić information content (AvgIpc) is 3.14. The van der Waals surface area contributed by atoms with Gasteiger partial charge in [0.15, 0.2) is 6.10 Å². The van der Waals surface area contributed by atoms with Gasteiger partial charge in [-0.1, -0.05) is 206 Å². The van der Waals surface area contributed by atoms with Crippen molar-refractivity contribution in [3.05, 3.63) is 12.2 Å². The van der Waals surface area contributed by atoms with Crippen molar-refractivity contribution in [3.63, 3.8) is 0 Å². The number of ether oxygens (including phenoxy) is 3. The molecule has 0 bridgehead atoms. The zero-order chi connectivity index (χ0) is 37.8. The molecule has 1 unspecified atom stereocenters. The zero-order valence-corrected chi connectivity index (χ0v) is 35.4. The molecule has 0 spiro atoms. The number of allylic oxidation sites excluding steroid dienone is 2. The lowest BCUT2D eigenvalue weighted by Gasteiger charge is -2.18. The average molecular weight is 735 g/mol. The van der Waals surface area contributed by atoms with Crippen molar-refractivity contribution in [2.45, 2.75) is 258 Å². The Labute approximate surface area is 325 Å². The van der Waals surface area contributed by atoms with E-state index in [0.29, 0.717) is 26.1 Å². The molecular formula is C47H90O5. The standard InChI is InChI=1S/C47H90O5/c1-4-7-10-13-16-18-20-22-23-24-26-28-30-33-36-39-42-50-43-45(52-47(49)41-38-35-31-15-12-9-6-3)44-51-46(48)40-37-34-32-29-27-25-21-19-17-14-11-8-5-2/h19,21,45H,4-18,20,22-44H2,1-3H3/b21-19-. The summed E-state index contributed by atoms with van der Waals surface area (Å²) in [6, 6.07) is 0. The van der Waals surface area contributed by atoms with Crippen LogP contribution in [0.15, 0.2) is 12.2 Å². The third-order valence-electron chi connectivity index (χ3n) is 10.3. The van der Waals surface area contributed by atoms with E-state index in [4.69, 9.17) is 14.2 Å². The van der Waals surface area contributed by atoms with Crippen LogP contribution in [-0.4, -0.2) is 37.9 Å². The predicted octanol–water partition coefficient (Wildman–Crippen LogP) is 15.1. The summed E-state index contributed by atoms with van der Waals surface area (Å²) in [6.45, 7) is 7.81. The van der Waals surface area contributed by atoms with Crippen LogP contribution in [0, 0.1) is 0 Å². The van der Waals surface area contributed by atoms with Crippen molar-refractivity contribution in [3.8, 4) is 0 Å². The van der Waals surface area contributed by atoms with E-state index in [-0.39, 0.29) is 18.5 Å². The van der Waals surface area contributed by atoms with Gasteiger partial charge in [-0.2, -0.15) is 0 Å². The molecule has 0 aliphatic heterocycles. The normalized spacial score (nSPS) is 12.1. The van der Waals surface area contributed by atoms with Gasteiger partial charge in [0, 0.05) is 19.4 Å². The lowest BCUT2D eigenvalue weighted by Crippen LogP contribution is -2.30. The molecule has 5 heteroatoms. The fraction of sp³-hybridized carbons (Fsp3) is 0.915. The molecule has 0 fully saturated rings. The molecule has 0 rings (SSSR count). The smallest absolute Gasteiger partial charge is 0.306 e. The topological polar surface area (TPSA) is 61.8 Å². The Morgan fingerprint density at radius 3 is 1.19 bits per heavy atom. The summed E-state index contributed by atoms with van der Waals surface area (Å²) in [5.41, 5.74) is 0. The summed E-state index contributed by atoms with van der Waals surface area (Å²) in [4.78, 5) is 25.1. The molecular weight excluding hydrogens is 645 g/mol. The number of carbonyl (C=O) groups excluding carboxylic acids is 2. The van der Waals surface area contributed by atoms with Gasteiger partial charge in [-0.25, -0.2) is 0 Å². The predicted molar refractivity (Wildman–Crippen MR) is 224 cm³/mol. The Kier molecular flexibility index (Phi) is 42.9. The highest BCUT2D eigenvalue weighted by atomic mass is 16.6. The van der Waals surface area contributed by atoms with E-state index in [1.165, 1.54) is 173 Å². The first-order valence-corrected chi connectivity index (χ1v) is 23.2. The van der Waals surface area contributed by atoms with Crippen LogP contribution in [0.25, 0.3) is 0 Å². The SMILES string of the molecule is CCCCCC/C=C\CCCCCCCC(=O)OCC(COCCCCCCCCCCCCCCCCCC)OC(=O)CCCCCCCCC. The first-order valence-electron chi connectivity index (χ1n) is 23.2. The van der Waals surface area contributed by atoms with Crippen molar-refractivity contribution in [1.29, 1.82) is 0 Å². The van der Waals surface area contributed by atoms with Gasteiger partial charge >= 0.3 is 11.9 Å². The lowest BCUT2D eigenvalue weighted by atomic mass is 10.0. The van der Waals surface area contributed by atoms with Gasteiger partial charge in [0.1, 0.15) is 6.61 Å². The molecule has 0 amide bonds. The van der Waals surface area contributed by atoms with Crippen LogP contribution in [0.1, 0.15) is 252 Å². The van der Waals surface area contributed by atoms with E-state index in [1.54, 1.807) is 0 Å². The molecule has 0 radical (unpaired) electrons. The van der Waals surface area contributed by atoms with Gasteiger partial charge in [0.25, 0.3) is 0 Å². The van der Waals surface area contributed by atoms with Gasteiger partial charge in [0.05, 0.1) is 6.61 Å². The summed E-state index contributed by atoms with van der Waals surface area (Å²) < 4.78 is 17.3. The molecule has 0 heterocycles. The fourth-order valence-electron chi connectivity index (χ4n) is 6.80. The molecule has 5 nitrogen and oxygen atoms in total. The van der Waals surface area contributed by atoms with Crippen molar-refractivity contribution in [2.24, 2.45) is 0 Å². The summed E-state index contributed by atoms with van der Waals surface area (Å²) >= 11 is 0. The van der Waals surface area contributed by atoms with Crippen LogP contribution in [0.2, 0.25) is 0 Å². The van der Waals surface area contributed by atoms with Gasteiger partial charge < -0.3 is 14.2 Å². The molecule has 0 N–H and O–H groups in total. The van der Waals surface area contributed by atoms with E-state index < -0.39 is 6.10 Å². The minimum Gasteiger partial charge on any atom is -0.462 e. The van der Waals surface area contributed by atoms with E-state index in [1.807, 2.05) is 0 Å². The zero-order valence-electron chi connectivity index (χ0n) is 35.4. The monoisotopic (exact) mass is 735 g/mol. The molecule has 0 saturated carbocycles. The van der Waals surface area contributed by atoms with Crippen LogP contribution < -0.4 is 0 Å². The van der Waals surface area contributed by atoms with Gasteiger partial charge in [-0.15, -0.1) is 0 Å². The van der Waals surface area contributed by atoms with E-state index in [2.05, 4.69) is 32.9 Å². The Morgan fingerprint density at radius 2 is 0.750 bits per heavy atom. The highest BCUT2D eigenvalue weighted by Crippen LogP contribution is 2.15. The highest BCUT2D eigenvalue weighted by Gasteiger charge is 2.17. The Morgan fingerprint density at radius 1 is 0.404 bits per heavy atom. The van der Waals surface area contributed by atoms with Crippen LogP contribution in [0.5, 0.6) is 0 Å². The van der Waals surface area contributed by atoms with Crippen LogP contribution in [0.3, 0.4) is 0 Å². The van der Waals surface area contributed by atoms with Crippen molar-refractivity contribution in [1.82, 2.24) is 0 Å². The first-order chi connectivity index (χ1) is 25.6. The van der Waals surface area contributed by atoms with Crippen LogP contribution >= 0.6 is 0 Å². The van der Waals surface area contributed by atoms with E-state index >= 15 is 0 Å². The summed E-state index contributed by atoms with van der Waals surface area (Å²) in [5.74, 6) is -0.399. The lowest BCUT2D eigenvalue weighted by molar-refractivity contribution is -0.163. The molecule has 0 aromatic heterocycles. The van der Waals surface area contributed by atoms with Crippen molar-refractivity contribution in [2.75, 3.05) is 19.8 Å². The second kappa shape index (κ2) is 44.0. The number of unbranched alkanes of at least 4 members (excludes halogenated alkanes) is 30. The second-order valence-corrected chi connectivity index (χ2v) is 15.7. The van der Waals surface area contributed by atoms with E-state index in [0.717, 1.165) is 44.9 Å². The third kappa shape index (κ3) is 41.4. The van der Waals surface area contributed by atoms with Crippen LogP contribution in [-0.2, 0) is 23.8 Å². The molecule has 52 heavy (non-hydrogen) atoms. The molecule has 0 aliphatic rings. The quantitative estimate of drug-likeness (QED) is 0.0355. The van der Waals surface area contributed by atoms with Gasteiger partial charge in [0.2, 0.25) is 0 Å². The minimum absolute atomic E-state index is 0.0886. The maximum absolute atomic E-state index is 12.6. The third-order valence-corrected chi connectivity index (χ3v) is 10.3. The molecule has 0 aromatic carbocycles. The van der Waals surface area contributed by atoms with Crippen LogP contribution in [0.4, 0.5) is 0 Å². The van der Waals surface area contributed by atoms with Crippen molar-refractivity contribution >= 4 is 11.9 Å². The van der Waals surface area contributed by atoms with Crippen molar-refractivity contribution < 1.29 is 23.8 Å². The maximum Gasteiger partial charge on any atom is 0.306 e. The molecule has 0 saturated heterocycles. The molecule has 0 aromatic rings. The Bertz CT molecular complexity index is 750. The first kappa shape index (κ1) is 50.6. The molecule has 308 valence electrons. The second-order valence-electron chi connectivity index (χ2n) is 15.7. The summed E-state index contributed by atoms with van der Waals surface area (Å²) in [7, 11) is 0. The fourth-order valence-corrected chi connectivity index (χ4v) is 6.80. The van der Waals surface area contributed by atoms with Gasteiger partial charge in [-0.3, -0.25) is 9.59 Å². The van der Waals surface area contributed by atoms with E-state index in [9.17, 15) is 9.59 Å². The van der Waals surface area contributed by atoms with Gasteiger partial charge in [-0.05, 0) is 44.9 Å². The molecule has 1 atom stereocenters. The Balaban J connectivity index is 4.10. The maximum atomic E-state index is 12.6. The summed E-state index contributed by atoms with van der Waals surface area (Å²) in [6.07, 6.45) is 47.9. The Hall–Kier alpha value is -1.36. The number of esters is 2. The number of hydrogen-bond acceptors (Lipinski definition) is 5. The number of rotatable bonds is 43. The number of hydrogen-bond donors (Lipinski definition) is 0. The minimum atomic E-state index is -0.526. The largest absolute Gasteiger partial charge is 0.462 e. The molecule has 0 aliphatic carbocycles.